The van der Waals surface area contributed by atoms with E-state index in [4.69, 9.17) is 0 Å². The number of rotatable bonds is 4. The van der Waals surface area contributed by atoms with Crippen LogP contribution in [0.1, 0.15) is 52.9 Å². The van der Waals surface area contributed by atoms with Gasteiger partial charge in [-0.15, -0.1) is 0 Å². The van der Waals surface area contributed by atoms with E-state index in [1.165, 1.54) is 26.2 Å². The fourth-order valence-electron chi connectivity index (χ4n) is 2.60. The van der Waals surface area contributed by atoms with Crippen molar-refractivity contribution >= 4 is 11.8 Å². The van der Waals surface area contributed by atoms with E-state index in [0.29, 0.717) is 6.04 Å². The molecule has 1 saturated carbocycles. The highest BCUT2D eigenvalue weighted by Gasteiger charge is 2.30. The van der Waals surface area contributed by atoms with Gasteiger partial charge in [-0.3, -0.25) is 9.59 Å². The van der Waals surface area contributed by atoms with Gasteiger partial charge in [-0.25, -0.2) is 0 Å². The lowest BCUT2D eigenvalue weighted by atomic mass is 9.93. The SMILES string of the molecule is CC(=O)NC(C(=O)N(C)C1CCCCC1)C(C)C. The third-order valence-corrected chi connectivity index (χ3v) is 3.76. The van der Waals surface area contributed by atoms with Gasteiger partial charge in [0.25, 0.3) is 0 Å². The van der Waals surface area contributed by atoms with Crippen molar-refractivity contribution in [2.24, 2.45) is 5.92 Å². The topological polar surface area (TPSA) is 49.4 Å². The van der Waals surface area contributed by atoms with Crippen LogP contribution in [0, 0.1) is 5.92 Å². The molecule has 1 atom stereocenters. The summed E-state index contributed by atoms with van der Waals surface area (Å²) in [7, 11) is 1.87. The zero-order chi connectivity index (χ0) is 13.7. The molecule has 1 N–H and O–H groups in total. The number of hydrogen-bond donors (Lipinski definition) is 1. The van der Waals surface area contributed by atoms with Gasteiger partial charge in [0.05, 0.1) is 0 Å². The zero-order valence-corrected chi connectivity index (χ0v) is 12.0. The maximum Gasteiger partial charge on any atom is 0.245 e. The number of carbonyl (C=O) groups is 2. The third kappa shape index (κ3) is 4.00. The maximum absolute atomic E-state index is 12.4. The zero-order valence-electron chi connectivity index (χ0n) is 12.0. The predicted octanol–water partition coefficient (Wildman–Crippen LogP) is 1.94. The van der Waals surface area contributed by atoms with Gasteiger partial charge in [0.15, 0.2) is 0 Å². The summed E-state index contributed by atoms with van der Waals surface area (Å²) in [6.45, 7) is 5.39. The van der Waals surface area contributed by atoms with Crippen molar-refractivity contribution in [1.82, 2.24) is 10.2 Å². The van der Waals surface area contributed by atoms with Crippen LogP contribution in [0.15, 0.2) is 0 Å². The Morgan fingerprint density at radius 3 is 2.17 bits per heavy atom. The van der Waals surface area contributed by atoms with Crippen LogP contribution in [-0.2, 0) is 9.59 Å². The Morgan fingerprint density at radius 1 is 1.17 bits per heavy atom. The molecular formula is C14H26N2O2. The van der Waals surface area contributed by atoms with E-state index in [2.05, 4.69) is 5.32 Å². The highest BCUT2D eigenvalue weighted by Crippen LogP contribution is 2.22. The fraction of sp³-hybridized carbons (Fsp3) is 0.857. The van der Waals surface area contributed by atoms with Crippen LogP contribution in [0.25, 0.3) is 0 Å². The molecule has 0 heterocycles. The second-order valence-electron chi connectivity index (χ2n) is 5.66. The summed E-state index contributed by atoms with van der Waals surface area (Å²) in [5.41, 5.74) is 0. The van der Waals surface area contributed by atoms with E-state index in [0.717, 1.165) is 12.8 Å². The Balaban J connectivity index is 2.65. The van der Waals surface area contributed by atoms with E-state index in [1.54, 1.807) is 0 Å². The van der Waals surface area contributed by atoms with Crippen LogP contribution in [-0.4, -0.2) is 35.8 Å². The minimum absolute atomic E-state index is 0.0482. The van der Waals surface area contributed by atoms with Crippen LogP contribution >= 0.6 is 0 Å². The van der Waals surface area contributed by atoms with Crippen molar-refractivity contribution in [1.29, 1.82) is 0 Å². The van der Waals surface area contributed by atoms with Gasteiger partial charge in [0.2, 0.25) is 11.8 Å². The molecule has 1 fully saturated rings. The van der Waals surface area contributed by atoms with Crippen molar-refractivity contribution in [3.63, 3.8) is 0 Å². The molecule has 1 rings (SSSR count). The third-order valence-electron chi connectivity index (χ3n) is 3.76. The van der Waals surface area contributed by atoms with Crippen LogP contribution in [0.5, 0.6) is 0 Å². The average Bonchev–Trinajstić information content (AvgIpc) is 2.34. The van der Waals surface area contributed by atoms with Crippen LogP contribution < -0.4 is 5.32 Å². The molecule has 1 unspecified atom stereocenters. The summed E-state index contributed by atoms with van der Waals surface area (Å²) in [6, 6.07) is -0.0457. The highest BCUT2D eigenvalue weighted by atomic mass is 16.2. The summed E-state index contributed by atoms with van der Waals surface area (Å²) in [4.78, 5) is 25.5. The Bertz CT molecular complexity index is 296. The maximum atomic E-state index is 12.4. The summed E-state index contributed by atoms with van der Waals surface area (Å²) >= 11 is 0. The number of amides is 2. The molecule has 1 aliphatic rings. The number of nitrogens with zero attached hydrogens (tertiary/aromatic N) is 1. The normalized spacial score (nSPS) is 18.5. The van der Waals surface area contributed by atoms with Gasteiger partial charge in [-0.2, -0.15) is 0 Å². The Morgan fingerprint density at radius 2 is 1.72 bits per heavy atom. The molecule has 2 amide bonds. The van der Waals surface area contributed by atoms with E-state index in [-0.39, 0.29) is 17.7 Å². The molecular weight excluding hydrogens is 228 g/mol. The van der Waals surface area contributed by atoms with Crippen LogP contribution in [0.4, 0.5) is 0 Å². The first-order valence-electron chi connectivity index (χ1n) is 6.97. The molecule has 0 aromatic heterocycles. The highest BCUT2D eigenvalue weighted by molar-refractivity contribution is 5.87. The molecule has 0 saturated heterocycles. The molecule has 4 nitrogen and oxygen atoms in total. The van der Waals surface area contributed by atoms with Crippen molar-refractivity contribution in [2.45, 2.75) is 65.0 Å². The molecule has 18 heavy (non-hydrogen) atoms. The molecule has 104 valence electrons. The monoisotopic (exact) mass is 254 g/mol. The van der Waals surface area contributed by atoms with Gasteiger partial charge >= 0.3 is 0 Å². The van der Waals surface area contributed by atoms with Gasteiger partial charge in [-0.1, -0.05) is 33.1 Å². The molecule has 0 bridgehead atoms. The van der Waals surface area contributed by atoms with Crippen molar-refractivity contribution < 1.29 is 9.59 Å². The largest absolute Gasteiger partial charge is 0.344 e. The van der Waals surface area contributed by atoms with E-state index < -0.39 is 6.04 Å². The molecule has 4 heteroatoms. The first-order valence-corrected chi connectivity index (χ1v) is 6.97. The Labute approximate surface area is 110 Å². The smallest absolute Gasteiger partial charge is 0.245 e. The molecule has 0 spiro atoms. The number of likely N-dealkylation sites (N-methyl/N-ethyl adjacent to an activating group) is 1. The standard InChI is InChI=1S/C14H26N2O2/c1-10(2)13(15-11(3)17)14(18)16(4)12-8-6-5-7-9-12/h10,12-13H,5-9H2,1-4H3,(H,15,17). The van der Waals surface area contributed by atoms with Gasteiger partial charge in [0, 0.05) is 20.0 Å². The quantitative estimate of drug-likeness (QED) is 0.833. The summed E-state index contributed by atoms with van der Waals surface area (Å²) < 4.78 is 0. The minimum Gasteiger partial charge on any atom is -0.344 e. The summed E-state index contributed by atoms with van der Waals surface area (Å²) in [6.07, 6.45) is 5.86. The molecule has 1 aliphatic carbocycles. The second-order valence-corrected chi connectivity index (χ2v) is 5.66. The lowest BCUT2D eigenvalue weighted by Crippen LogP contribution is -2.52. The second kappa shape index (κ2) is 6.76. The van der Waals surface area contributed by atoms with Crippen molar-refractivity contribution in [2.75, 3.05) is 7.05 Å². The molecule has 0 aliphatic heterocycles. The van der Waals surface area contributed by atoms with E-state index in [9.17, 15) is 9.59 Å². The summed E-state index contributed by atoms with van der Waals surface area (Å²) in [5.74, 6) is 0.0265. The minimum atomic E-state index is -0.394. The molecule has 0 radical (unpaired) electrons. The summed E-state index contributed by atoms with van der Waals surface area (Å²) in [5, 5.41) is 2.77. The van der Waals surface area contributed by atoms with Crippen LogP contribution in [0.3, 0.4) is 0 Å². The Kier molecular flexibility index (Phi) is 5.63. The lowest BCUT2D eigenvalue weighted by molar-refractivity contribution is -0.138. The van der Waals surface area contributed by atoms with Crippen molar-refractivity contribution in [3.05, 3.63) is 0 Å². The average molecular weight is 254 g/mol. The molecule has 0 aromatic carbocycles. The number of nitrogens with one attached hydrogen (secondary N) is 1. The first-order chi connectivity index (χ1) is 8.43. The lowest BCUT2D eigenvalue weighted by Gasteiger charge is -2.34. The number of carbonyl (C=O) groups excluding carboxylic acids is 2. The van der Waals surface area contributed by atoms with Crippen molar-refractivity contribution in [3.8, 4) is 0 Å². The first kappa shape index (κ1) is 15.0. The van der Waals surface area contributed by atoms with Gasteiger partial charge in [-0.05, 0) is 18.8 Å². The molecule has 0 aromatic rings. The van der Waals surface area contributed by atoms with E-state index in [1.807, 2.05) is 25.8 Å². The predicted molar refractivity (Wildman–Crippen MR) is 72.1 cm³/mol. The van der Waals surface area contributed by atoms with E-state index >= 15 is 0 Å². The van der Waals surface area contributed by atoms with Crippen LogP contribution in [0.2, 0.25) is 0 Å². The van der Waals surface area contributed by atoms with Gasteiger partial charge < -0.3 is 10.2 Å². The number of hydrogen-bond acceptors (Lipinski definition) is 2. The Hall–Kier alpha value is -1.06. The fourth-order valence-corrected chi connectivity index (χ4v) is 2.60. The van der Waals surface area contributed by atoms with Gasteiger partial charge in [0.1, 0.15) is 6.04 Å².